The summed E-state index contributed by atoms with van der Waals surface area (Å²) >= 11 is 0. The number of carbonyl (C=O) groups excluding carboxylic acids is 1. The minimum atomic E-state index is -0.169. The summed E-state index contributed by atoms with van der Waals surface area (Å²) in [5, 5.41) is 8.78. The normalized spacial score (nSPS) is 10.8. The molecule has 5 nitrogen and oxygen atoms in total. The third kappa shape index (κ3) is 3.19. The highest BCUT2D eigenvalue weighted by Gasteiger charge is 2.13. The van der Waals surface area contributed by atoms with Crippen molar-refractivity contribution < 1.29 is 9.32 Å². The molecule has 0 radical (unpaired) electrons. The van der Waals surface area contributed by atoms with Crippen LogP contribution in [0.3, 0.4) is 0 Å². The molecular formula is C21H17N3O2. The van der Waals surface area contributed by atoms with Gasteiger partial charge in [0.05, 0.1) is 6.54 Å². The highest BCUT2D eigenvalue weighted by atomic mass is 16.5. The van der Waals surface area contributed by atoms with Gasteiger partial charge in [-0.05, 0) is 29.8 Å². The second-order valence-electron chi connectivity index (χ2n) is 6.09. The van der Waals surface area contributed by atoms with Gasteiger partial charge < -0.3 is 9.84 Å². The van der Waals surface area contributed by atoms with Crippen LogP contribution < -0.4 is 5.32 Å². The molecule has 5 heteroatoms. The molecule has 1 heterocycles. The van der Waals surface area contributed by atoms with Gasteiger partial charge in [-0.15, -0.1) is 0 Å². The van der Waals surface area contributed by atoms with Crippen molar-refractivity contribution in [2.24, 2.45) is 0 Å². The van der Waals surface area contributed by atoms with Gasteiger partial charge in [-0.1, -0.05) is 65.3 Å². The molecule has 3 aromatic carbocycles. The number of aryl methyl sites for hydroxylation is 1. The first-order valence-electron chi connectivity index (χ1n) is 8.36. The number of rotatable bonds is 4. The molecule has 0 fully saturated rings. The minimum Gasteiger partial charge on any atom is -0.343 e. The molecule has 4 aromatic rings. The number of benzene rings is 3. The van der Waals surface area contributed by atoms with E-state index >= 15 is 0 Å². The number of fused-ring (bicyclic) bond motifs is 1. The molecule has 0 aliphatic rings. The molecule has 4 rings (SSSR count). The zero-order valence-electron chi connectivity index (χ0n) is 14.3. The molecule has 0 aliphatic carbocycles. The molecule has 0 spiro atoms. The fourth-order valence-electron chi connectivity index (χ4n) is 2.90. The average molecular weight is 343 g/mol. The first-order chi connectivity index (χ1) is 12.7. The van der Waals surface area contributed by atoms with Crippen LogP contribution in [0.4, 0.5) is 0 Å². The van der Waals surface area contributed by atoms with E-state index < -0.39 is 0 Å². The number of nitrogens with one attached hydrogen (secondary N) is 1. The van der Waals surface area contributed by atoms with Crippen LogP contribution in [0.25, 0.3) is 22.2 Å². The highest BCUT2D eigenvalue weighted by Crippen LogP contribution is 2.19. The van der Waals surface area contributed by atoms with Gasteiger partial charge in [0.1, 0.15) is 0 Å². The number of aromatic nitrogens is 2. The Morgan fingerprint density at radius 3 is 2.73 bits per heavy atom. The van der Waals surface area contributed by atoms with Gasteiger partial charge in [-0.25, -0.2) is 0 Å². The predicted molar refractivity (Wildman–Crippen MR) is 99.6 cm³/mol. The van der Waals surface area contributed by atoms with Gasteiger partial charge in [0.25, 0.3) is 5.91 Å². The third-order valence-electron chi connectivity index (χ3n) is 4.18. The maximum Gasteiger partial charge on any atom is 0.252 e. The monoisotopic (exact) mass is 343 g/mol. The molecule has 128 valence electrons. The summed E-state index contributed by atoms with van der Waals surface area (Å²) in [7, 11) is 0. The van der Waals surface area contributed by atoms with Crippen LogP contribution in [0.1, 0.15) is 21.8 Å². The third-order valence-corrected chi connectivity index (χ3v) is 4.18. The second kappa shape index (κ2) is 6.80. The van der Waals surface area contributed by atoms with E-state index in [0.29, 0.717) is 17.3 Å². The summed E-state index contributed by atoms with van der Waals surface area (Å²) in [4.78, 5) is 16.9. The van der Waals surface area contributed by atoms with Crippen molar-refractivity contribution in [3.63, 3.8) is 0 Å². The zero-order chi connectivity index (χ0) is 17.9. The Morgan fingerprint density at radius 2 is 1.85 bits per heavy atom. The standard InChI is InChI=1S/C21H17N3O2/c1-14-6-4-9-16(12-14)20-23-19(26-24-20)13-22-21(25)18-11-5-8-15-7-2-3-10-17(15)18/h2-12H,13H2,1H3,(H,22,25). The largest absolute Gasteiger partial charge is 0.343 e. The van der Waals surface area contributed by atoms with E-state index in [9.17, 15) is 4.79 Å². The van der Waals surface area contributed by atoms with Crippen LogP contribution in [0.15, 0.2) is 71.3 Å². The average Bonchev–Trinajstić information content (AvgIpc) is 3.15. The van der Waals surface area contributed by atoms with Gasteiger partial charge in [-0.3, -0.25) is 4.79 Å². The highest BCUT2D eigenvalue weighted by molar-refractivity contribution is 6.06. The summed E-state index contributed by atoms with van der Waals surface area (Å²) in [5.41, 5.74) is 2.64. The second-order valence-corrected chi connectivity index (χ2v) is 6.09. The van der Waals surface area contributed by atoms with Gasteiger partial charge in [0, 0.05) is 11.1 Å². The van der Waals surface area contributed by atoms with E-state index in [0.717, 1.165) is 21.9 Å². The van der Waals surface area contributed by atoms with E-state index in [-0.39, 0.29) is 12.5 Å². The lowest BCUT2D eigenvalue weighted by molar-refractivity contribution is 0.0948. The fourth-order valence-corrected chi connectivity index (χ4v) is 2.90. The molecule has 1 N–H and O–H groups in total. The summed E-state index contributed by atoms with van der Waals surface area (Å²) in [6, 6.07) is 21.3. The molecule has 0 atom stereocenters. The number of nitrogens with zero attached hydrogens (tertiary/aromatic N) is 2. The van der Waals surface area contributed by atoms with Crippen molar-refractivity contribution in [3.8, 4) is 11.4 Å². The Labute approximate surface area is 150 Å². The van der Waals surface area contributed by atoms with Crippen molar-refractivity contribution >= 4 is 16.7 Å². The van der Waals surface area contributed by atoms with Gasteiger partial charge in [-0.2, -0.15) is 4.98 Å². The summed E-state index contributed by atoms with van der Waals surface area (Å²) in [6.45, 7) is 2.19. The van der Waals surface area contributed by atoms with E-state index in [2.05, 4.69) is 15.5 Å². The lowest BCUT2D eigenvalue weighted by Crippen LogP contribution is -2.23. The minimum absolute atomic E-state index is 0.169. The van der Waals surface area contributed by atoms with Crippen LogP contribution in [0, 0.1) is 6.92 Å². The lowest BCUT2D eigenvalue weighted by atomic mass is 10.0. The summed E-state index contributed by atoms with van der Waals surface area (Å²) < 4.78 is 5.26. The van der Waals surface area contributed by atoms with E-state index in [1.54, 1.807) is 0 Å². The maximum atomic E-state index is 12.6. The zero-order valence-corrected chi connectivity index (χ0v) is 14.3. The summed E-state index contributed by atoms with van der Waals surface area (Å²) in [5.74, 6) is 0.718. The van der Waals surface area contributed by atoms with Gasteiger partial charge >= 0.3 is 0 Å². The van der Waals surface area contributed by atoms with Crippen LogP contribution >= 0.6 is 0 Å². The van der Waals surface area contributed by atoms with Crippen molar-refractivity contribution in [2.45, 2.75) is 13.5 Å². The Bertz CT molecular complexity index is 1080. The lowest BCUT2D eigenvalue weighted by Gasteiger charge is -2.06. The number of amides is 1. The molecular weight excluding hydrogens is 326 g/mol. The van der Waals surface area contributed by atoms with Crippen molar-refractivity contribution in [3.05, 3.63) is 83.7 Å². The Kier molecular flexibility index (Phi) is 4.19. The molecule has 1 aromatic heterocycles. The van der Waals surface area contributed by atoms with E-state index in [1.807, 2.05) is 73.7 Å². The molecule has 26 heavy (non-hydrogen) atoms. The first-order valence-corrected chi connectivity index (χ1v) is 8.36. The smallest absolute Gasteiger partial charge is 0.252 e. The topological polar surface area (TPSA) is 68.0 Å². The number of hydrogen-bond acceptors (Lipinski definition) is 4. The molecule has 0 bridgehead atoms. The number of carbonyl (C=O) groups is 1. The Hall–Kier alpha value is -3.47. The molecule has 0 aliphatic heterocycles. The summed E-state index contributed by atoms with van der Waals surface area (Å²) in [6.07, 6.45) is 0. The molecule has 0 unspecified atom stereocenters. The number of hydrogen-bond donors (Lipinski definition) is 1. The van der Waals surface area contributed by atoms with Crippen LogP contribution in [0.5, 0.6) is 0 Å². The van der Waals surface area contributed by atoms with Crippen LogP contribution in [-0.2, 0) is 6.54 Å². The van der Waals surface area contributed by atoms with E-state index in [1.165, 1.54) is 0 Å². The first kappa shape index (κ1) is 16.0. The van der Waals surface area contributed by atoms with Crippen LogP contribution in [-0.4, -0.2) is 16.0 Å². The fraction of sp³-hybridized carbons (Fsp3) is 0.0952. The van der Waals surface area contributed by atoms with Gasteiger partial charge in [0.2, 0.25) is 11.7 Å². The van der Waals surface area contributed by atoms with E-state index in [4.69, 9.17) is 4.52 Å². The SMILES string of the molecule is Cc1cccc(-c2noc(CNC(=O)c3cccc4ccccc34)n2)c1. The molecule has 0 saturated heterocycles. The Morgan fingerprint density at radius 1 is 1.04 bits per heavy atom. The molecule has 0 saturated carbocycles. The van der Waals surface area contributed by atoms with Crippen molar-refractivity contribution in [2.75, 3.05) is 0 Å². The van der Waals surface area contributed by atoms with Gasteiger partial charge in [0.15, 0.2) is 0 Å². The van der Waals surface area contributed by atoms with Crippen LogP contribution in [0.2, 0.25) is 0 Å². The maximum absolute atomic E-state index is 12.6. The molecule has 1 amide bonds. The predicted octanol–water partition coefficient (Wildman–Crippen LogP) is 4.13. The van der Waals surface area contributed by atoms with Crippen molar-refractivity contribution in [1.29, 1.82) is 0 Å². The Balaban J connectivity index is 1.50. The van der Waals surface area contributed by atoms with Crippen molar-refractivity contribution in [1.82, 2.24) is 15.5 Å². The quantitative estimate of drug-likeness (QED) is 0.605.